The highest BCUT2D eigenvalue weighted by molar-refractivity contribution is 7.98. The summed E-state index contributed by atoms with van der Waals surface area (Å²) in [5.74, 6) is 1.03. The summed E-state index contributed by atoms with van der Waals surface area (Å²) in [6.45, 7) is 0. The smallest absolute Gasteiger partial charge is 0.277 e. The predicted octanol–water partition coefficient (Wildman–Crippen LogP) is 4.73. The first-order valence-corrected chi connectivity index (χ1v) is 7.78. The summed E-state index contributed by atoms with van der Waals surface area (Å²) in [5.41, 5.74) is 1.62. The van der Waals surface area contributed by atoms with Gasteiger partial charge in [-0.05, 0) is 29.8 Å². The van der Waals surface area contributed by atoms with Crippen molar-refractivity contribution in [3.05, 3.63) is 58.2 Å². The molecule has 0 aliphatic rings. The minimum absolute atomic E-state index is 0.403. The SMILES string of the molecule is Clc1ccc(CSc2nnc(-c3ccccn3)o2)c(Cl)c1. The van der Waals surface area contributed by atoms with Crippen molar-refractivity contribution < 1.29 is 4.42 Å². The minimum Gasteiger partial charge on any atom is -0.410 e. The van der Waals surface area contributed by atoms with Crippen molar-refractivity contribution in [1.29, 1.82) is 0 Å². The lowest BCUT2D eigenvalue weighted by Gasteiger charge is -2.02. The zero-order valence-electron chi connectivity index (χ0n) is 10.7. The molecule has 0 N–H and O–H groups in total. The molecule has 0 radical (unpaired) electrons. The highest BCUT2D eigenvalue weighted by Crippen LogP contribution is 2.29. The summed E-state index contributed by atoms with van der Waals surface area (Å²) < 4.78 is 5.56. The van der Waals surface area contributed by atoms with Crippen molar-refractivity contribution in [3.63, 3.8) is 0 Å². The molecule has 2 heterocycles. The molecule has 0 aliphatic heterocycles. The number of benzene rings is 1. The van der Waals surface area contributed by atoms with E-state index in [1.807, 2.05) is 24.3 Å². The van der Waals surface area contributed by atoms with E-state index < -0.39 is 0 Å². The standard InChI is InChI=1S/C14H9Cl2N3OS/c15-10-5-4-9(11(16)7-10)8-21-14-19-18-13(20-14)12-3-1-2-6-17-12/h1-7H,8H2. The zero-order chi connectivity index (χ0) is 14.7. The summed E-state index contributed by atoms with van der Waals surface area (Å²) in [6, 6.07) is 10.9. The van der Waals surface area contributed by atoms with Gasteiger partial charge in [0, 0.05) is 22.0 Å². The van der Waals surface area contributed by atoms with Crippen molar-refractivity contribution >= 4 is 35.0 Å². The number of hydrogen-bond donors (Lipinski definition) is 0. The van der Waals surface area contributed by atoms with E-state index in [4.69, 9.17) is 27.6 Å². The maximum atomic E-state index is 6.12. The van der Waals surface area contributed by atoms with Crippen LogP contribution in [0.2, 0.25) is 10.0 Å². The van der Waals surface area contributed by atoms with E-state index in [1.165, 1.54) is 11.8 Å². The van der Waals surface area contributed by atoms with Gasteiger partial charge >= 0.3 is 0 Å². The van der Waals surface area contributed by atoms with Crippen molar-refractivity contribution in [2.75, 3.05) is 0 Å². The Kier molecular flexibility index (Phi) is 4.43. The number of rotatable bonds is 4. The van der Waals surface area contributed by atoms with Gasteiger partial charge in [0.05, 0.1) is 0 Å². The lowest BCUT2D eigenvalue weighted by atomic mass is 10.2. The molecule has 0 saturated carbocycles. The van der Waals surface area contributed by atoms with Crippen molar-refractivity contribution in [1.82, 2.24) is 15.2 Å². The Balaban J connectivity index is 1.70. The van der Waals surface area contributed by atoms with Gasteiger partial charge < -0.3 is 4.42 Å². The average Bonchev–Trinajstić information content (AvgIpc) is 2.96. The Morgan fingerprint density at radius 2 is 2.00 bits per heavy atom. The van der Waals surface area contributed by atoms with Crippen LogP contribution in [0.1, 0.15) is 5.56 Å². The fourth-order valence-corrected chi connectivity index (χ4v) is 2.96. The van der Waals surface area contributed by atoms with Gasteiger partial charge in [0.25, 0.3) is 11.1 Å². The first-order valence-electron chi connectivity index (χ1n) is 6.04. The molecule has 0 bridgehead atoms. The van der Waals surface area contributed by atoms with Crippen LogP contribution in [0.3, 0.4) is 0 Å². The molecule has 0 spiro atoms. The highest BCUT2D eigenvalue weighted by Gasteiger charge is 2.10. The Hall–Kier alpha value is -1.56. The second-order valence-corrected chi connectivity index (χ2v) is 5.88. The lowest BCUT2D eigenvalue weighted by molar-refractivity contribution is 0.464. The second kappa shape index (κ2) is 6.47. The first kappa shape index (κ1) is 14.4. The molecule has 2 aromatic heterocycles. The second-order valence-electron chi connectivity index (χ2n) is 4.11. The largest absolute Gasteiger partial charge is 0.410 e. The van der Waals surface area contributed by atoms with Gasteiger partial charge in [0.2, 0.25) is 0 Å². The number of pyridine rings is 1. The van der Waals surface area contributed by atoms with E-state index in [0.717, 1.165) is 5.56 Å². The molecule has 0 aliphatic carbocycles. The van der Waals surface area contributed by atoms with Gasteiger partial charge in [0.15, 0.2) is 0 Å². The van der Waals surface area contributed by atoms with E-state index >= 15 is 0 Å². The molecule has 0 amide bonds. The van der Waals surface area contributed by atoms with Gasteiger partial charge in [-0.25, -0.2) is 0 Å². The number of thioether (sulfide) groups is 1. The molecule has 3 rings (SSSR count). The Bertz CT molecular complexity index is 749. The summed E-state index contributed by atoms with van der Waals surface area (Å²) >= 11 is 13.4. The molecule has 106 valence electrons. The van der Waals surface area contributed by atoms with Crippen LogP contribution < -0.4 is 0 Å². The van der Waals surface area contributed by atoms with Gasteiger partial charge in [-0.2, -0.15) is 0 Å². The third-order valence-corrected chi connectivity index (χ3v) is 4.11. The van der Waals surface area contributed by atoms with Gasteiger partial charge in [-0.3, -0.25) is 4.98 Å². The van der Waals surface area contributed by atoms with Crippen molar-refractivity contribution in [2.24, 2.45) is 0 Å². The molecule has 0 atom stereocenters. The van der Waals surface area contributed by atoms with Crippen LogP contribution in [0.25, 0.3) is 11.6 Å². The summed E-state index contributed by atoms with van der Waals surface area (Å²) in [5, 5.41) is 9.69. The normalized spacial score (nSPS) is 10.8. The summed E-state index contributed by atoms with van der Waals surface area (Å²) in [6.07, 6.45) is 1.68. The zero-order valence-corrected chi connectivity index (χ0v) is 13.0. The Morgan fingerprint density at radius 3 is 2.76 bits per heavy atom. The highest BCUT2D eigenvalue weighted by atomic mass is 35.5. The summed E-state index contributed by atoms with van der Waals surface area (Å²) in [4.78, 5) is 4.16. The van der Waals surface area contributed by atoms with Crippen LogP contribution in [0.5, 0.6) is 0 Å². The molecule has 4 nitrogen and oxygen atoms in total. The molecule has 1 aromatic carbocycles. The van der Waals surface area contributed by atoms with Crippen LogP contribution >= 0.6 is 35.0 Å². The third-order valence-electron chi connectivity index (χ3n) is 2.66. The fourth-order valence-electron chi connectivity index (χ4n) is 1.64. The molecule has 21 heavy (non-hydrogen) atoms. The van der Waals surface area contributed by atoms with E-state index in [2.05, 4.69) is 15.2 Å². The molecular weight excluding hydrogens is 329 g/mol. The molecule has 0 unspecified atom stereocenters. The first-order chi connectivity index (χ1) is 10.2. The van der Waals surface area contributed by atoms with Crippen LogP contribution in [0.15, 0.2) is 52.2 Å². The number of aromatic nitrogens is 3. The van der Waals surface area contributed by atoms with Gasteiger partial charge in [-0.15, -0.1) is 10.2 Å². The molecule has 3 aromatic rings. The summed E-state index contributed by atoms with van der Waals surface area (Å²) in [7, 11) is 0. The maximum absolute atomic E-state index is 6.12. The number of halogens is 2. The van der Waals surface area contributed by atoms with Gasteiger partial charge in [-0.1, -0.05) is 47.1 Å². The van der Waals surface area contributed by atoms with E-state index in [0.29, 0.717) is 32.6 Å². The van der Waals surface area contributed by atoms with Crippen LogP contribution in [0, 0.1) is 0 Å². The van der Waals surface area contributed by atoms with Crippen molar-refractivity contribution in [3.8, 4) is 11.6 Å². The Morgan fingerprint density at radius 1 is 1.10 bits per heavy atom. The van der Waals surface area contributed by atoms with E-state index in [1.54, 1.807) is 18.3 Å². The van der Waals surface area contributed by atoms with Crippen LogP contribution in [0.4, 0.5) is 0 Å². The molecule has 7 heteroatoms. The number of nitrogens with zero attached hydrogens (tertiary/aromatic N) is 3. The number of hydrogen-bond acceptors (Lipinski definition) is 5. The fraction of sp³-hybridized carbons (Fsp3) is 0.0714. The maximum Gasteiger partial charge on any atom is 0.277 e. The van der Waals surface area contributed by atoms with Crippen LogP contribution in [-0.2, 0) is 5.75 Å². The van der Waals surface area contributed by atoms with Gasteiger partial charge in [0.1, 0.15) is 5.69 Å². The Labute approximate surface area is 135 Å². The van der Waals surface area contributed by atoms with E-state index in [9.17, 15) is 0 Å². The third kappa shape index (κ3) is 3.56. The molecule has 0 fully saturated rings. The minimum atomic E-state index is 0.403. The molecular formula is C14H9Cl2N3OS. The van der Waals surface area contributed by atoms with Crippen molar-refractivity contribution in [2.45, 2.75) is 11.0 Å². The van der Waals surface area contributed by atoms with Crippen LogP contribution in [-0.4, -0.2) is 15.2 Å². The average molecular weight is 338 g/mol. The topological polar surface area (TPSA) is 51.8 Å². The quantitative estimate of drug-likeness (QED) is 0.644. The van der Waals surface area contributed by atoms with E-state index in [-0.39, 0.29) is 0 Å². The molecule has 0 saturated heterocycles. The predicted molar refractivity (Wildman–Crippen MR) is 83.6 cm³/mol. The lowest BCUT2D eigenvalue weighted by Crippen LogP contribution is -1.82. The monoisotopic (exact) mass is 337 g/mol.